The van der Waals surface area contributed by atoms with Crippen molar-refractivity contribution in [2.24, 2.45) is 5.92 Å². The topological polar surface area (TPSA) is 39.1 Å². The van der Waals surface area contributed by atoms with Crippen molar-refractivity contribution in [1.82, 2.24) is 10.2 Å². The third kappa shape index (κ3) is 5.84. The molecule has 3 nitrogen and oxygen atoms in total. The van der Waals surface area contributed by atoms with Gasteiger partial charge in [0.2, 0.25) is 0 Å². The number of nitrogens with zero attached hydrogens (tertiary/aromatic N) is 2. The molecule has 106 valence electrons. The first kappa shape index (κ1) is 17.4. The van der Waals surface area contributed by atoms with Gasteiger partial charge in [0, 0.05) is 19.1 Å². The van der Waals surface area contributed by atoms with Gasteiger partial charge in [0.05, 0.1) is 6.07 Å². The number of rotatable bonds is 9. The highest BCUT2D eigenvalue weighted by Crippen LogP contribution is 2.15. The lowest BCUT2D eigenvalue weighted by Crippen LogP contribution is -2.45. The average molecular weight is 253 g/mol. The minimum atomic E-state index is -0.402. The Hall–Kier alpha value is -0.590. The normalized spacial score (nSPS) is 15.1. The molecule has 0 aromatic carbocycles. The summed E-state index contributed by atoms with van der Waals surface area (Å²) in [5, 5.41) is 12.3. The molecule has 1 unspecified atom stereocenters. The highest BCUT2D eigenvalue weighted by molar-refractivity contribution is 5.03. The van der Waals surface area contributed by atoms with E-state index in [-0.39, 0.29) is 0 Å². The molecule has 0 aliphatic carbocycles. The molecule has 0 heterocycles. The van der Waals surface area contributed by atoms with E-state index in [0.29, 0.717) is 12.0 Å². The Morgan fingerprint density at radius 1 is 1.28 bits per heavy atom. The summed E-state index contributed by atoms with van der Waals surface area (Å²) in [6.45, 7) is 13.1. The van der Waals surface area contributed by atoms with Gasteiger partial charge in [0.25, 0.3) is 0 Å². The Bertz CT molecular complexity index is 253. The van der Waals surface area contributed by atoms with Gasteiger partial charge < -0.3 is 10.2 Å². The molecular formula is C15H31N3. The summed E-state index contributed by atoms with van der Waals surface area (Å²) < 4.78 is 0. The van der Waals surface area contributed by atoms with Crippen LogP contribution in [0.5, 0.6) is 0 Å². The van der Waals surface area contributed by atoms with Crippen molar-refractivity contribution in [2.75, 3.05) is 20.1 Å². The Kier molecular flexibility index (Phi) is 8.22. The lowest BCUT2D eigenvalue weighted by Gasteiger charge is -2.34. The van der Waals surface area contributed by atoms with Crippen LogP contribution in [0.1, 0.15) is 53.9 Å². The van der Waals surface area contributed by atoms with Crippen LogP contribution in [0.3, 0.4) is 0 Å². The van der Waals surface area contributed by atoms with E-state index < -0.39 is 5.54 Å². The van der Waals surface area contributed by atoms with Crippen molar-refractivity contribution in [3.05, 3.63) is 0 Å². The van der Waals surface area contributed by atoms with Crippen LogP contribution in [-0.4, -0.2) is 36.6 Å². The van der Waals surface area contributed by atoms with Crippen LogP contribution < -0.4 is 5.32 Å². The largest absolute Gasteiger partial charge is 0.303 e. The number of nitrogens with one attached hydrogen (secondary N) is 1. The molecule has 0 saturated heterocycles. The molecule has 0 spiro atoms. The van der Waals surface area contributed by atoms with Gasteiger partial charge in [-0.05, 0) is 39.2 Å². The van der Waals surface area contributed by atoms with Crippen LogP contribution in [0.25, 0.3) is 0 Å². The molecule has 0 bridgehead atoms. The molecule has 0 aliphatic heterocycles. The molecular weight excluding hydrogens is 222 g/mol. The fourth-order valence-electron chi connectivity index (χ4n) is 2.30. The summed E-state index contributed by atoms with van der Waals surface area (Å²) in [6.07, 6.45) is 3.25. The smallest absolute Gasteiger partial charge is 0.104 e. The molecule has 1 N–H and O–H groups in total. The highest BCUT2D eigenvalue weighted by atomic mass is 15.2. The van der Waals surface area contributed by atoms with Gasteiger partial charge in [-0.2, -0.15) is 5.26 Å². The maximum Gasteiger partial charge on any atom is 0.104 e. The summed E-state index contributed by atoms with van der Waals surface area (Å²) in [6, 6.07) is 3.02. The van der Waals surface area contributed by atoms with Crippen molar-refractivity contribution in [2.45, 2.75) is 65.5 Å². The van der Waals surface area contributed by atoms with Crippen LogP contribution in [0.2, 0.25) is 0 Å². The minimum Gasteiger partial charge on any atom is -0.303 e. The fraction of sp³-hybridized carbons (Fsp3) is 0.933. The highest BCUT2D eigenvalue weighted by Gasteiger charge is 2.24. The molecule has 0 radical (unpaired) electrons. The second kappa shape index (κ2) is 8.50. The van der Waals surface area contributed by atoms with Crippen molar-refractivity contribution in [3.8, 4) is 6.07 Å². The van der Waals surface area contributed by atoms with Gasteiger partial charge in [0.1, 0.15) is 5.54 Å². The number of nitriles is 1. The van der Waals surface area contributed by atoms with E-state index in [1.165, 1.54) is 12.8 Å². The van der Waals surface area contributed by atoms with E-state index in [2.05, 4.69) is 44.0 Å². The second-order valence-electron chi connectivity index (χ2n) is 5.80. The molecule has 0 rings (SSSR count). The molecule has 0 aromatic heterocycles. The van der Waals surface area contributed by atoms with Crippen LogP contribution in [0, 0.1) is 17.2 Å². The maximum atomic E-state index is 9.20. The zero-order valence-corrected chi connectivity index (χ0v) is 13.1. The van der Waals surface area contributed by atoms with Gasteiger partial charge in [-0.25, -0.2) is 0 Å². The second-order valence-corrected chi connectivity index (χ2v) is 5.80. The van der Waals surface area contributed by atoms with Gasteiger partial charge in [-0.15, -0.1) is 0 Å². The predicted molar refractivity (Wildman–Crippen MR) is 78.5 cm³/mol. The Labute approximate surface area is 114 Å². The molecule has 0 fully saturated rings. The first-order valence-corrected chi connectivity index (χ1v) is 7.26. The summed E-state index contributed by atoms with van der Waals surface area (Å²) in [5.74, 6) is 0.675. The monoisotopic (exact) mass is 253 g/mol. The van der Waals surface area contributed by atoms with Crippen LogP contribution in [-0.2, 0) is 0 Å². The molecule has 0 aromatic rings. The molecule has 0 saturated carbocycles. The standard InChI is InChI=1S/C15H31N3/c1-7-14(8-2)18(11-13(3)4)10-9-15(5,12-16)17-6/h13-14,17H,7-11H2,1-6H3. The summed E-state index contributed by atoms with van der Waals surface area (Å²) in [7, 11) is 1.87. The quantitative estimate of drug-likeness (QED) is 0.686. The van der Waals surface area contributed by atoms with Gasteiger partial charge in [-0.3, -0.25) is 0 Å². The Morgan fingerprint density at radius 2 is 1.83 bits per heavy atom. The van der Waals surface area contributed by atoms with Crippen molar-refractivity contribution >= 4 is 0 Å². The number of hydrogen-bond donors (Lipinski definition) is 1. The summed E-state index contributed by atoms with van der Waals surface area (Å²) >= 11 is 0. The predicted octanol–water partition coefficient (Wildman–Crippen LogP) is 3.02. The van der Waals surface area contributed by atoms with Crippen molar-refractivity contribution in [1.29, 1.82) is 5.26 Å². The average Bonchev–Trinajstić information content (AvgIpc) is 2.36. The molecule has 18 heavy (non-hydrogen) atoms. The van der Waals surface area contributed by atoms with Gasteiger partial charge in [0.15, 0.2) is 0 Å². The fourth-order valence-corrected chi connectivity index (χ4v) is 2.30. The zero-order chi connectivity index (χ0) is 14.2. The molecule has 0 aliphatic rings. The molecule has 1 atom stereocenters. The van der Waals surface area contributed by atoms with Crippen molar-refractivity contribution < 1.29 is 0 Å². The SMILES string of the molecule is CCC(CC)N(CCC(C)(C#N)NC)CC(C)C. The lowest BCUT2D eigenvalue weighted by molar-refractivity contribution is 0.154. The van der Waals surface area contributed by atoms with E-state index in [9.17, 15) is 5.26 Å². The van der Waals surface area contributed by atoms with E-state index in [1.54, 1.807) is 0 Å². The maximum absolute atomic E-state index is 9.20. The van der Waals surface area contributed by atoms with E-state index in [1.807, 2.05) is 14.0 Å². The third-order valence-electron chi connectivity index (χ3n) is 3.76. The van der Waals surface area contributed by atoms with Gasteiger partial charge in [-0.1, -0.05) is 27.7 Å². The van der Waals surface area contributed by atoms with Crippen LogP contribution in [0.15, 0.2) is 0 Å². The van der Waals surface area contributed by atoms with E-state index >= 15 is 0 Å². The number of hydrogen-bond acceptors (Lipinski definition) is 3. The van der Waals surface area contributed by atoms with E-state index in [0.717, 1.165) is 19.5 Å². The molecule has 3 heteroatoms. The minimum absolute atomic E-state index is 0.402. The summed E-state index contributed by atoms with van der Waals surface area (Å²) in [5.41, 5.74) is -0.402. The van der Waals surface area contributed by atoms with E-state index in [4.69, 9.17) is 0 Å². The van der Waals surface area contributed by atoms with Crippen LogP contribution >= 0.6 is 0 Å². The lowest BCUT2D eigenvalue weighted by atomic mass is 9.98. The Balaban J connectivity index is 4.55. The first-order valence-electron chi connectivity index (χ1n) is 7.26. The summed E-state index contributed by atoms with van der Waals surface area (Å²) in [4.78, 5) is 2.55. The van der Waals surface area contributed by atoms with Crippen LogP contribution in [0.4, 0.5) is 0 Å². The third-order valence-corrected chi connectivity index (χ3v) is 3.76. The Morgan fingerprint density at radius 3 is 2.17 bits per heavy atom. The first-order chi connectivity index (χ1) is 8.42. The zero-order valence-electron chi connectivity index (χ0n) is 13.1. The molecule has 0 amide bonds. The van der Waals surface area contributed by atoms with Gasteiger partial charge >= 0.3 is 0 Å². The van der Waals surface area contributed by atoms with Crippen molar-refractivity contribution in [3.63, 3.8) is 0 Å².